The highest BCUT2D eigenvalue weighted by Crippen LogP contribution is 2.27. The van der Waals surface area contributed by atoms with Crippen LogP contribution in [0, 0.1) is 6.92 Å². The van der Waals surface area contributed by atoms with Crippen molar-refractivity contribution >= 4 is 5.69 Å². The molecule has 1 saturated heterocycles. The standard InChI is InChI=1S/C14H22N2O/c1-11-6-7-13(14(9-11)17-3)15-12-5-4-8-16(2)10-12/h6-7,9,12,15H,4-5,8,10H2,1-3H3. The molecule has 1 aliphatic rings. The van der Waals surface area contributed by atoms with Gasteiger partial charge in [-0.3, -0.25) is 0 Å². The van der Waals surface area contributed by atoms with Crippen molar-refractivity contribution in [3.8, 4) is 5.75 Å². The zero-order valence-electron chi connectivity index (χ0n) is 11.0. The first kappa shape index (κ1) is 12.2. The van der Waals surface area contributed by atoms with Crippen LogP contribution < -0.4 is 10.1 Å². The van der Waals surface area contributed by atoms with Gasteiger partial charge in [0.25, 0.3) is 0 Å². The van der Waals surface area contributed by atoms with Crippen LogP contribution in [0.25, 0.3) is 0 Å². The summed E-state index contributed by atoms with van der Waals surface area (Å²) in [6.07, 6.45) is 2.50. The third-order valence-corrected chi connectivity index (χ3v) is 3.34. The summed E-state index contributed by atoms with van der Waals surface area (Å²) < 4.78 is 5.42. The Hall–Kier alpha value is -1.22. The maximum Gasteiger partial charge on any atom is 0.142 e. The van der Waals surface area contributed by atoms with E-state index in [1.54, 1.807) is 7.11 Å². The van der Waals surface area contributed by atoms with Crippen molar-refractivity contribution in [1.29, 1.82) is 0 Å². The minimum absolute atomic E-state index is 0.533. The Morgan fingerprint density at radius 2 is 2.24 bits per heavy atom. The molecule has 1 heterocycles. The highest BCUT2D eigenvalue weighted by Gasteiger charge is 2.17. The second-order valence-electron chi connectivity index (χ2n) is 4.95. The highest BCUT2D eigenvalue weighted by molar-refractivity contribution is 5.58. The quantitative estimate of drug-likeness (QED) is 0.869. The SMILES string of the molecule is COc1cc(C)ccc1NC1CCCN(C)C1. The zero-order chi connectivity index (χ0) is 12.3. The number of nitrogens with zero attached hydrogens (tertiary/aromatic N) is 1. The molecule has 0 radical (unpaired) electrons. The second kappa shape index (κ2) is 5.41. The van der Waals surface area contributed by atoms with Crippen LogP contribution in [0.5, 0.6) is 5.75 Å². The predicted octanol–water partition coefficient (Wildman–Crippen LogP) is 2.51. The minimum Gasteiger partial charge on any atom is -0.495 e. The fourth-order valence-corrected chi connectivity index (χ4v) is 2.42. The number of anilines is 1. The van der Waals surface area contributed by atoms with Gasteiger partial charge in [0.05, 0.1) is 12.8 Å². The summed E-state index contributed by atoms with van der Waals surface area (Å²) in [6.45, 7) is 4.40. The molecule has 3 nitrogen and oxygen atoms in total. The van der Waals surface area contributed by atoms with Gasteiger partial charge in [0.2, 0.25) is 0 Å². The Balaban J connectivity index is 2.07. The molecule has 0 saturated carbocycles. The first-order valence-corrected chi connectivity index (χ1v) is 6.29. The van der Waals surface area contributed by atoms with Gasteiger partial charge in [-0.25, -0.2) is 0 Å². The molecule has 3 heteroatoms. The average molecular weight is 234 g/mol. The molecular weight excluding hydrogens is 212 g/mol. The molecule has 1 aliphatic heterocycles. The van der Waals surface area contributed by atoms with Crippen molar-refractivity contribution in [2.75, 3.05) is 32.6 Å². The van der Waals surface area contributed by atoms with Gasteiger partial charge in [-0.15, -0.1) is 0 Å². The van der Waals surface area contributed by atoms with Gasteiger partial charge in [0.15, 0.2) is 0 Å². The maximum absolute atomic E-state index is 5.42. The van der Waals surface area contributed by atoms with E-state index in [1.165, 1.54) is 24.9 Å². The summed E-state index contributed by atoms with van der Waals surface area (Å²) in [5, 5.41) is 3.59. The van der Waals surface area contributed by atoms with Crippen molar-refractivity contribution in [1.82, 2.24) is 4.90 Å². The Bertz CT molecular complexity index is 378. The summed E-state index contributed by atoms with van der Waals surface area (Å²) in [7, 11) is 3.91. The van der Waals surface area contributed by atoms with E-state index < -0.39 is 0 Å². The molecule has 1 N–H and O–H groups in total. The molecule has 94 valence electrons. The number of ether oxygens (including phenoxy) is 1. The molecule has 17 heavy (non-hydrogen) atoms. The molecule has 1 atom stereocenters. The van der Waals surface area contributed by atoms with Gasteiger partial charge in [-0.1, -0.05) is 6.07 Å². The molecule has 1 aromatic rings. The van der Waals surface area contributed by atoms with Crippen LogP contribution in [-0.4, -0.2) is 38.2 Å². The molecular formula is C14H22N2O. The maximum atomic E-state index is 5.42. The van der Waals surface area contributed by atoms with E-state index in [9.17, 15) is 0 Å². The van der Waals surface area contributed by atoms with E-state index in [4.69, 9.17) is 4.74 Å². The Labute approximate surface area is 104 Å². The van der Waals surface area contributed by atoms with Crippen LogP contribution >= 0.6 is 0 Å². The molecule has 0 aromatic heterocycles. The van der Waals surface area contributed by atoms with Gasteiger partial charge in [-0.05, 0) is 51.1 Å². The third-order valence-electron chi connectivity index (χ3n) is 3.34. The van der Waals surface area contributed by atoms with Gasteiger partial charge in [0, 0.05) is 12.6 Å². The molecule has 0 spiro atoms. The lowest BCUT2D eigenvalue weighted by molar-refractivity contribution is 0.260. The van der Waals surface area contributed by atoms with Gasteiger partial charge >= 0.3 is 0 Å². The Kier molecular flexibility index (Phi) is 3.89. The number of piperidine rings is 1. The van der Waals surface area contributed by atoms with Gasteiger partial charge in [0.1, 0.15) is 5.75 Å². The number of aryl methyl sites for hydroxylation is 1. The summed E-state index contributed by atoms with van der Waals surface area (Å²) in [6, 6.07) is 6.85. The van der Waals surface area contributed by atoms with Crippen molar-refractivity contribution < 1.29 is 4.74 Å². The summed E-state index contributed by atoms with van der Waals surface area (Å²) in [5.41, 5.74) is 2.34. The molecule has 1 aromatic carbocycles. The number of nitrogens with one attached hydrogen (secondary N) is 1. The lowest BCUT2D eigenvalue weighted by Gasteiger charge is -2.31. The van der Waals surface area contributed by atoms with Crippen molar-refractivity contribution in [3.63, 3.8) is 0 Å². The van der Waals surface area contributed by atoms with Crippen LogP contribution in [0.2, 0.25) is 0 Å². The van der Waals surface area contributed by atoms with Gasteiger partial charge in [-0.2, -0.15) is 0 Å². The number of hydrogen-bond donors (Lipinski definition) is 1. The number of likely N-dealkylation sites (N-methyl/N-ethyl adjacent to an activating group) is 1. The molecule has 1 unspecified atom stereocenters. The largest absolute Gasteiger partial charge is 0.495 e. The van der Waals surface area contributed by atoms with Crippen LogP contribution in [0.3, 0.4) is 0 Å². The number of benzene rings is 1. The topological polar surface area (TPSA) is 24.5 Å². The number of methoxy groups -OCH3 is 1. The first-order valence-electron chi connectivity index (χ1n) is 6.29. The smallest absolute Gasteiger partial charge is 0.142 e. The fraction of sp³-hybridized carbons (Fsp3) is 0.571. The van der Waals surface area contributed by atoms with Crippen molar-refractivity contribution in [3.05, 3.63) is 23.8 Å². The lowest BCUT2D eigenvalue weighted by Crippen LogP contribution is -2.39. The molecule has 0 amide bonds. The molecule has 2 rings (SSSR count). The minimum atomic E-state index is 0.533. The van der Waals surface area contributed by atoms with Crippen molar-refractivity contribution in [2.45, 2.75) is 25.8 Å². The zero-order valence-corrected chi connectivity index (χ0v) is 11.0. The number of rotatable bonds is 3. The van der Waals surface area contributed by atoms with Crippen LogP contribution in [-0.2, 0) is 0 Å². The van der Waals surface area contributed by atoms with Crippen LogP contribution in [0.15, 0.2) is 18.2 Å². The predicted molar refractivity (Wildman–Crippen MR) is 71.9 cm³/mol. The van der Waals surface area contributed by atoms with E-state index in [2.05, 4.69) is 42.4 Å². The van der Waals surface area contributed by atoms with Crippen LogP contribution in [0.1, 0.15) is 18.4 Å². The van der Waals surface area contributed by atoms with Crippen LogP contribution in [0.4, 0.5) is 5.69 Å². The number of hydrogen-bond acceptors (Lipinski definition) is 3. The normalized spacial score (nSPS) is 21.2. The highest BCUT2D eigenvalue weighted by atomic mass is 16.5. The van der Waals surface area contributed by atoms with E-state index in [0.29, 0.717) is 6.04 Å². The third kappa shape index (κ3) is 3.13. The fourth-order valence-electron chi connectivity index (χ4n) is 2.42. The summed E-state index contributed by atoms with van der Waals surface area (Å²) in [5.74, 6) is 0.943. The van der Waals surface area contributed by atoms with E-state index >= 15 is 0 Å². The van der Waals surface area contributed by atoms with Gasteiger partial charge < -0.3 is 15.0 Å². The Morgan fingerprint density at radius 1 is 1.41 bits per heavy atom. The Morgan fingerprint density at radius 3 is 2.94 bits per heavy atom. The monoisotopic (exact) mass is 234 g/mol. The van der Waals surface area contributed by atoms with E-state index in [-0.39, 0.29) is 0 Å². The average Bonchev–Trinajstić information content (AvgIpc) is 2.31. The molecule has 0 bridgehead atoms. The van der Waals surface area contributed by atoms with E-state index in [1.807, 2.05) is 0 Å². The summed E-state index contributed by atoms with van der Waals surface area (Å²) in [4.78, 5) is 2.38. The van der Waals surface area contributed by atoms with E-state index in [0.717, 1.165) is 18.0 Å². The lowest BCUT2D eigenvalue weighted by atomic mass is 10.1. The first-order chi connectivity index (χ1) is 8.19. The number of likely N-dealkylation sites (tertiary alicyclic amines) is 1. The second-order valence-corrected chi connectivity index (χ2v) is 4.95. The molecule has 1 fully saturated rings. The molecule has 0 aliphatic carbocycles. The van der Waals surface area contributed by atoms with Crippen molar-refractivity contribution in [2.24, 2.45) is 0 Å². The summed E-state index contributed by atoms with van der Waals surface area (Å²) >= 11 is 0.